The number of hydrogen-bond acceptors (Lipinski definition) is 2. The van der Waals surface area contributed by atoms with E-state index in [0.717, 1.165) is 12.1 Å². The summed E-state index contributed by atoms with van der Waals surface area (Å²) in [6.07, 6.45) is -4.43. The van der Waals surface area contributed by atoms with Gasteiger partial charge in [0.25, 0.3) is 11.8 Å². The summed E-state index contributed by atoms with van der Waals surface area (Å²) in [7, 11) is 0. The van der Waals surface area contributed by atoms with Crippen LogP contribution in [0.4, 0.5) is 18.9 Å². The van der Waals surface area contributed by atoms with Gasteiger partial charge >= 0.3 is 6.18 Å². The number of nitrogens with zero attached hydrogens (tertiary/aromatic N) is 1. The van der Waals surface area contributed by atoms with Crippen molar-refractivity contribution >= 4 is 17.5 Å². The Morgan fingerprint density at radius 3 is 2.08 bits per heavy atom. The summed E-state index contributed by atoms with van der Waals surface area (Å²) in [5.74, 6) is -0.682. The molecule has 2 aromatic rings. The van der Waals surface area contributed by atoms with Crippen LogP contribution in [0.1, 0.15) is 40.1 Å². The molecule has 138 valence electrons. The first-order valence-electron chi connectivity index (χ1n) is 8.14. The molecule has 0 unspecified atom stereocenters. The fraction of sp³-hybridized carbons (Fsp3) is 0.263. The second-order valence-electron chi connectivity index (χ2n) is 5.59. The Labute approximate surface area is 149 Å². The Kier molecular flexibility index (Phi) is 6.02. The number of halogens is 3. The standard InChI is InChI=1S/C19H19F3N2O2/c1-3-24(4-2)18(26)14-7-5-6-13(12-14)17(25)23-16-10-8-15(9-11-16)19(20,21)22/h5-12H,3-4H2,1-2H3,(H,23,25). The second-order valence-corrected chi connectivity index (χ2v) is 5.59. The quantitative estimate of drug-likeness (QED) is 0.853. The third-order valence-corrected chi connectivity index (χ3v) is 3.89. The molecule has 2 rings (SSSR count). The van der Waals surface area contributed by atoms with Crippen molar-refractivity contribution in [1.82, 2.24) is 4.90 Å². The number of alkyl halides is 3. The number of hydrogen-bond donors (Lipinski definition) is 1. The monoisotopic (exact) mass is 364 g/mol. The zero-order chi connectivity index (χ0) is 19.3. The summed E-state index contributed by atoms with van der Waals surface area (Å²) >= 11 is 0. The SMILES string of the molecule is CCN(CC)C(=O)c1cccc(C(=O)Nc2ccc(C(F)(F)F)cc2)c1. The van der Waals surface area contributed by atoms with Crippen LogP contribution in [0, 0.1) is 0 Å². The molecule has 4 nitrogen and oxygen atoms in total. The Morgan fingerprint density at radius 2 is 1.54 bits per heavy atom. The molecule has 0 saturated heterocycles. The summed E-state index contributed by atoms with van der Waals surface area (Å²) in [5.41, 5.74) is 0.0856. The van der Waals surface area contributed by atoms with Crippen molar-refractivity contribution in [2.24, 2.45) is 0 Å². The molecule has 0 spiro atoms. The fourth-order valence-corrected chi connectivity index (χ4v) is 2.43. The van der Waals surface area contributed by atoms with Gasteiger partial charge in [-0.1, -0.05) is 6.07 Å². The molecule has 1 N–H and O–H groups in total. The van der Waals surface area contributed by atoms with Gasteiger partial charge in [-0.3, -0.25) is 9.59 Å². The van der Waals surface area contributed by atoms with Crippen LogP contribution in [0.15, 0.2) is 48.5 Å². The van der Waals surface area contributed by atoms with Gasteiger partial charge in [0.2, 0.25) is 0 Å². The largest absolute Gasteiger partial charge is 0.416 e. The van der Waals surface area contributed by atoms with Gasteiger partial charge in [-0.15, -0.1) is 0 Å². The van der Waals surface area contributed by atoms with Crippen molar-refractivity contribution < 1.29 is 22.8 Å². The lowest BCUT2D eigenvalue weighted by molar-refractivity contribution is -0.137. The molecule has 0 fully saturated rings. The molecule has 0 bridgehead atoms. The lowest BCUT2D eigenvalue weighted by Gasteiger charge is -2.18. The van der Waals surface area contributed by atoms with Crippen molar-refractivity contribution in [3.05, 3.63) is 65.2 Å². The van der Waals surface area contributed by atoms with Gasteiger partial charge in [-0.2, -0.15) is 13.2 Å². The van der Waals surface area contributed by atoms with Crippen LogP contribution in [-0.4, -0.2) is 29.8 Å². The molecule has 0 radical (unpaired) electrons. The summed E-state index contributed by atoms with van der Waals surface area (Å²) in [4.78, 5) is 26.3. The Bertz CT molecular complexity index is 782. The first-order chi connectivity index (χ1) is 12.3. The lowest BCUT2D eigenvalue weighted by atomic mass is 10.1. The van der Waals surface area contributed by atoms with Crippen molar-refractivity contribution in [3.63, 3.8) is 0 Å². The average molecular weight is 364 g/mol. The summed E-state index contributed by atoms with van der Waals surface area (Å²) in [6.45, 7) is 4.83. The maximum atomic E-state index is 12.6. The highest BCUT2D eigenvalue weighted by Gasteiger charge is 2.30. The van der Waals surface area contributed by atoms with Crippen LogP contribution in [-0.2, 0) is 6.18 Å². The number of rotatable bonds is 5. The Balaban J connectivity index is 2.15. The number of anilines is 1. The lowest BCUT2D eigenvalue weighted by Crippen LogP contribution is -2.30. The van der Waals surface area contributed by atoms with Crippen LogP contribution >= 0.6 is 0 Å². The van der Waals surface area contributed by atoms with Crippen molar-refractivity contribution in [3.8, 4) is 0 Å². The third kappa shape index (κ3) is 4.62. The average Bonchev–Trinajstić information content (AvgIpc) is 2.62. The van der Waals surface area contributed by atoms with Gasteiger partial charge in [0.15, 0.2) is 0 Å². The van der Waals surface area contributed by atoms with Gasteiger partial charge in [0.1, 0.15) is 0 Å². The minimum atomic E-state index is -4.43. The molecule has 0 aliphatic carbocycles. The van der Waals surface area contributed by atoms with E-state index in [0.29, 0.717) is 18.7 Å². The van der Waals surface area contributed by atoms with E-state index in [4.69, 9.17) is 0 Å². The van der Waals surface area contributed by atoms with Gasteiger partial charge < -0.3 is 10.2 Å². The Morgan fingerprint density at radius 1 is 0.962 bits per heavy atom. The van der Waals surface area contributed by atoms with Crippen LogP contribution in [0.5, 0.6) is 0 Å². The first kappa shape index (κ1) is 19.5. The summed E-state index contributed by atoms with van der Waals surface area (Å²) in [6, 6.07) is 10.4. The molecule has 26 heavy (non-hydrogen) atoms. The predicted molar refractivity (Wildman–Crippen MR) is 93.1 cm³/mol. The maximum absolute atomic E-state index is 12.6. The van der Waals surface area contributed by atoms with Crippen molar-refractivity contribution in [2.45, 2.75) is 20.0 Å². The third-order valence-electron chi connectivity index (χ3n) is 3.89. The molecule has 0 heterocycles. The highest BCUT2D eigenvalue weighted by Crippen LogP contribution is 2.29. The highest BCUT2D eigenvalue weighted by atomic mass is 19.4. The molecule has 2 aromatic carbocycles. The van der Waals surface area contributed by atoms with Crippen LogP contribution in [0.2, 0.25) is 0 Å². The number of carbonyl (C=O) groups excluding carboxylic acids is 2. The van der Waals surface area contributed by atoms with Crippen LogP contribution in [0.25, 0.3) is 0 Å². The van der Waals surface area contributed by atoms with Gasteiger partial charge in [0.05, 0.1) is 5.56 Å². The second kappa shape index (κ2) is 8.03. The smallest absolute Gasteiger partial charge is 0.339 e. The molecule has 0 aliphatic heterocycles. The highest BCUT2D eigenvalue weighted by molar-refractivity contribution is 6.06. The van der Waals surface area contributed by atoms with E-state index in [9.17, 15) is 22.8 Å². The van der Waals surface area contributed by atoms with Crippen LogP contribution in [0.3, 0.4) is 0 Å². The normalized spacial score (nSPS) is 11.1. The predicted octanol–water partition coefficient (Wildman–Crippen LogP) is 4.44. The number of amides is 2. The van der Waals surface area contributed by atoms with E-state index >= 15 is 0 Å². The van der Waals surface area contributed by atoms with E-state index in [1.165, 1.54) is 18.2 Å². The maximum Gasteiger partial charge on any atom is 0.416 e. The van der Waals surface area contributed by atoms with E-state index in [-0.39, 0.29) is 17.2 Å². The molecule has 0 saturated carbocycles. The van der Waals surface area contributed by atoms with Crippen molar-refractivity contribution in [1.29, 1.82) is 0 Å². The van der Waals surface area contributed by atoms with Crippen molar-refractivity contribution in [2.75, 3.05) is 18.4 Å². The number of benzene rings is 2. The van der Waals surface area contributed by atoms with E-state index in [1.54, 1.807) is 23.1 Å². The summed E-state index contributed by atoms with van der Waals surface area (Å²) < 4.78 is 37.7. The minimum absolute atomic E-state index is 0.181. The minimum Gasteiger partial charge on any atom is -0.339 e. The first-order valence-corrected chi connectivity index (χ1v) is 8.14. The van der Waals surface area contributed by atoms with Gasteiger partial charge in [-0.05, 0) is 56.3 Å². The molecular formula is C19H19F3N2O2. The van der Waals surface area contributed by atoms with Gasteiger partial charge in [-0.25, -0.2) is 0 Å². The number of nitrogens with one attached hydrogen (secondary N) is 1. The zero-order valence-electron chi connectivity index (χ0n) is 14.4. The zero-order valence-corrected chi connectivity index (χ0v) is 14.4. The molecule has 0 aliphatic rings. The Hall–Kier alpha value is -2.83. The van der Waals surface area contributed by atoms with E-state index in [1.807, 2.05) is 13.8 Å². The molecule has 0 aromatic heterocycles. The number of carbonyl (C=O) groups is 2. The molecule has 0 atom stereocenters. The van der Waals surface area contributed by atoms with E-state index < -0.39 is 17.6 Å². The molecule has 2 amide bonds. The molecule has 7 heteroatoms. The molecular weight excluding hydrogens is 345 g/mol. The fourth-order valence-electron chi connectivity index (χ4n) is 2.43. The summed E-state index contributed by atoms with van der Waals surface area (Å²) in [5, 5.41) is 2.53. The van der Waals surface area contributed by atoms with E-state index in [2.05, 4.69) is 5.32 Å². The van der Waals surface area contributed by atoms with Gasteiger partial charge in [0, 0.05) is 29.9 Å². The topological polar surface area (TPSA) is 49.4 Å². The van der Waals surface area contributed by atoms with Crippen LogP contribution < -0.4 is 5.32 Å².